The van der Waals surface area contributed by atoms with Gasteiger partial charge in [0.1, 0.15) is 11.6 Å². The Hall–Kier alpha value is -3.71. The monoisotopic (exact) mass is 575 g/mol. The zero-order chi connectivity index (χ0) is 28.6. The first-order valence-corrected chi connectivity index (χ1v) is 15.0. The smallest absolute Gasteiger partial charge is 0.407 e. The molecular formula is C26H33N5O6S2. The summed E-state index contributed by atoms with van der Waals surface area (Å²) < 4.78 is 29.7. The molecule has 13 heteroatoms. The van der Waals surface area contributed by atoms with Crippen molar-refractivity contribution in [2.45, 2.75) is 51.7 Å². The van der Waals surface area contributed by atoms with E-state index < -0.39 is 39.6 Å². The first-order valence-electron chi connectivity index (χ1n) is 12.3. The third kappa shape index (κ3) is 9.52. The van der Waals surface area contributed by atoms with E-state index in [-0.39, 0.29) is 12.0 Å². The summed E-state index contributed by atoms with van der Waals surface area (Å²) in [6.07, 6.45) is 4.27. The molecule has 1 atom stereocenters. The molecule has 0 aliphatic heterocycles. The summed E-state index contributed by atoms with van der Waals surface area (Å²) in [6, 6.07) is 9.96. The van der Waals surface area contributed by atoms with Gasteiger partial charge in [0.2, 0.25) is 15.9 Å². The number of ether oxygens (including phenoxy) is 1. The van der Waals surface area contributed by atoms with Gasteiger partial charge >= 0.3 is 6.09 Å². The zero-order valence-electron chi connectivity index (χ0n) is 22.3. The molecule has 0 radical (unpaired) electrons. The van der Waals surface area contributed by atoms with Gasteiger partial charge in [-0.1, -0.05) is 30.3 Å². The highest BCUT2D eigenvalue weighted by atomic mass is 32.2. The molecule has 0 saturated carbocycles. The van der Waals surface area contributed by atoms with Crippen LogP contribution in [0.15, 0.2) is 54.2 Å². The lowest BCUT2D eigenvalue weighted by atomic mass is 10.1. The molecule has 3 rings (SSSR count). The molecule has 3 N–H and O–H groups in total. The minimum atomic E-state index is -3.56. The SMILES string of the molecule is CC(C)(C)OC(=O)NCCCCC(NC(=O)c1ccn(S(C)(=O)=O)c1)C(=O)Nc1nc(-c2ccccc2)cs1. The molecule has 0 fully saturated rings. The number of anilines is 1. The average Bonchev–Trinajstić information content (AvgIpc) is 3.53. The Labute approximate surface area is 232 Å². The summed E-state index contributed by atoms with van der Waals surface area (Å²) in [5.41, 5.74) is 1.12. The fourth-order valence-corrected chi connectivity index (χ4v) is 4.78. The van der Waals surface area contributed by atoms with Crippen LogP contribution in [-0.4, -0.2) is 59.7 Å². The lowest BCUT2D eigenvalue weighted by Crippen LogP contribution is -2.43. The van der Waals surface area contributed by atoms with Crippen molar-refractivity contribution < 1.29 is 27.5 Å². The molecule has 0 aliphatic rings. The van der Waals surface area contributed by atoms with E-state index >= 15 is 0 Å². The number of benzene rings is 1. The number of carbonyl (C=O) groups excluding carboxylic acids is 3. The molecule has 3 amide bonds. The minimum Gasteiger partial charge on any atom is -0.444 e. The standard InChI is InChI=1S/C26H33N5O6S2/c1-26(2,3)37-25(34)27-14-9-8-12-20(28-22(32)19-13-15-31(16-19)39(4,35)36)23(33)30-24-29-21(17-38-24)18-10-6-5-7-11-18/h5-7,10-11,13,15-17,20H,8-9,12,14H2,1-4H3,(H,27,34)(H,28,32)(H,29,30,33). The predicted octanol–water partition coefficient (Wildman–Crippen LogP) is 3.85. The van der Waals surface area contributed by atoms with Crippen LogP contribution in [0.1, 0.15) is 50.4 Å². The number of unbranched alkanes of at least 4 members (excludes halogenated alkanes) is 1. The molecule has 0 aliphatic carbocycles. The number of carbonyl (C=O) groups is 3. The molecule has 210 valence electrons. The largest absolute Gasteiger partial charge is 0.444 e. The molecule has 2 heterocycles. The Morgan fingerprint density at radius 3 is 2.46 bits per heavy atom. The third-order valence-electron chi connectivity index (χ3n) is 5.33. The maximum atomic E-state index is 13.2. The molecular weight excluding hydrogens is 542 g/mol. The molecule has 0 spiro atoms. The molecule has 1 unspecified atom stereocenters. The predicted molar refractivity (Wildman–Crippen MR) is 150 cm³/mol. The second kappa shape index (κ2) is 12.9. The van der Waals surface area contributed by atoms with Gasteiger partial charge < -0.3 is 20.7 Å². The molecule has 0 bridgehead atoms. The number of aromatic nitrogens is 2. The van der Waals surface area contributed by atoms with Crippen LogP contribution >= 0.6 is 11.3 Å². The summed E-state index contributed by atoms with van der Waals surface area (Å²) in [5, 5.41) is 10.3. The maximum absolute atomic E-state index is 13.2. The number of nitrogens with zero attached hydrogens (tertiary/aromatic N) is 2. The van der Waals surface area contributed by atoms with E-state index in [1.54, 1.807) is 20.8 Å². The number of alkyl carbamates (subject to hydrolysis) is 1. The van der Waals surface area contributed by atoms with Gasteiger partial charge in [-0.25, -0.2) is 18.2 Å². The van der Waals surface area contributed by atoms with E-state index in [0.717, 1.165) is 15.8 Å². The number of nitrogens with one attached hydrogen (secondary N) is 3. The first-order chi connectivity index (χ1) is 18.3. The Bertz CT molecular complexity index is 1390. The summed E-state index contributed by atoms with van der Waals surface area (Å²) in [4.78, 5) is 42.3. The topological polar surface area (TPSA) is 148 Å². The Balaban J connectivity index is 1.64. The Kier molecular flexibility index (Phi) is 9.86. The summed E-state index contributed by atoms with van der Waals surface area (Å²) >= 11 is 1.26. The number of amides is 3. The second-order valence-electron chi connectivity index (χ2n) is 9.84. The third-order valence-corrected chi connectivity index (χ3v) is 7.08. The molecule has 39 heavy (non-hydrogen) atoms. The first kappa shape index (κ1) is 29.8. The summed E-state index contributed by atoms with van der Waals surface area (Å²) in [6.45, 7) is 5.65. The Morgan fingerprint density at radius 1 is 1.10 bits per heavy atom. The molecule has 11 nitrogen and oxygen atoms in total. The Morgan fingerprint density at radius 2 is 1.82 bits per heavy atom. The van der Waals surface area contributed by atoms with Gasteiger partial charge in [-0.15, -0.1) is 11.3 Å². The van der Waals surface area contributed by atoms with Crippen LogP contribution in [0.3, 0.4) is 0 Å². The average molecular weight is 576 g/mol. The quantitative estimate of drug-likeness (QED) is 0.294. The highest BCUT2D eigenvalue weighted by molar-refractivity contribution is 7.89. The van der Waals surface area contributed by atoms with Gasteiger partial charge in [0.25, 0.3) is 5.91 Å². The van der Waals surface area contributed by atoms with Crippen LogP contribution in [0.2, 0.25) is 0 Å². The van der Waals surface area contributed by atoms with Crippen molar-refractivity contribution in [1.29, 1.82) is 0 Å². The highest BCUT2D eigenvalue weighted by Gasteiger charge is 2.23. The van der Waals surface area contributed by atoms with Gasteiger partial charge in [-0.3, -0.25) is 13.6 Å². The normalized spacial score (nSPS) is 12.4. The van der Waals surface area contributed by atoms with Crippen LogP contribution in [0.5, 0.6) is 0 Å². The van der Waals surface area contributed by atoms with Gasteiger partial charge in [0.05, 0.1) is 17.5 Å². The number of hydrogen-bond donors (Lipinski definition) is 3. The van der Waals surface area contributed by atoms with Crippen molar-refractivity contribution in [3.05, 3.63) is 59.7 Å². The highest BCUT2D eigenvalue weighted by Crippen LogP contribution is 2.25. The van der Waals surface area contributed by atoms with Gasteiger partial charge in [-0.05, 0) is 46.1 Å². The lowest BCUT2D eigenvalue weighted by molar-refractivity contribution is -0.118. The van der Waals surface area contributed by atoms with Crippen LogP contribution < -0.4 is 16.0 Å². The molecule has 1 aromatic carbocycles. The fraction of sp³-hybridized carbons (Fsp3) is 0.385. The number of thiazole rings is 1. The number of hydrogen-bond acceptors (Lipinski definition) is 8. The van der Waals surface area contributed by atoms with Crippen LogP contribution in [0, 0.1) is 0 Å². The zero-order valence-corrected chi connectivity index (χ0v) is 23.9. The van der Waals surface area contributed by atoms with Gasteiger partial charge in [0, 0.05) is 29.9 Å². The molecule has 0 saturated heterocycles. The van der Waals surface area contributed by atoms with Crippen molar-refractivity contribution in [1.82, 2.24) is 19.6 Å². The van der Waals surface area contributed by atoms with E-state index in [1.807, 2.05) is 35.7 Å². The lowest BCUT2D eigenvalue weighted by Gasteiger charge is -2.20. The summed E-state index contributed by atoms with van der Waals surface area (Å²) in [7, 11) is -3.56. The van der Waals surface area contributed by atoms with Crippen molar-refractivity contribution in [3.8, 4) is 11.3 Å². The van der Waals surface area contributed by atoms with Crippen LogP contribution in [0.25, 0.3) is 11.3 Å². The van der Waals surface area contributed by atoms with Crippen molar-refractivity contribution in [2.75, 3.05) is 18.1 Å². The van der Waals surface area contributed by atoms with Gasteiger partial charge in [-0.2, -0.15) is 0 Å². The molecule has 2 aromatic heterocycles. The van der Waals surface area contributed by atoms with Crippen LogP contribution in [-0.2, 0) is 19.6 Å². The fourth-order valence-electron chi connectivity index (χ4n) is 3.47. The summed E-state index contributed by atoms with van der Waals surface area (Å²) in [5.74, 6) is -1.05. The van der Waals surface area contributed by atoms with E-state index in [0.29, 0.717) is 30.2 Å². The van der Waals surface area contributed by atoms with E-state index in [2.05, 4.69) is 20.9 Å². The minimum absolute atomic E-state index is 0.102. The van der Waals surface area contributed by atoms with Gasteiger partial charge in [0.15, 0.2) is 5.13 Å². The molecule has 3 aromatic rings. The van der Waals surface area contributed by atoms with Crippen molar-refractivity contribution in [2.24, 2.45) is 0 Å². The maximum Gasteiger partial charge on any atom is 0.407 e. The van der Waals surface area contributed by atoms with Crippen molar-refractivity contribution >= 4 is 44.4 Å². The van der Waals surface area contributed by atoms with E-state index in [1.165, 1.54) is 29.8 Å². The van der Waals surface area contributed by atoms with Crippen LogP contribution in [0.4, 0.5) is 9.93 Å². The van der Waals surface area contributed by atoms with E-state index in [4.69, 9.17) is 4.74 Å². The number of rotatable bonds is 11. The van der Waals surface area contributed by atoms with E-state index in [9.17, 15) is 22.8 Å². The van der Waals surface area contributed by atoms with Crippen molar-refractivity contribution in [3.63, 3.8) is 0 Å². The second-order valence-corrected chi connectivity index (χ2v) is 12.6.